The third-order valence-electron chi connectivity index (χ3n) is 4.77. The molecule has 1 aromatic carbocycles. The van der Waals surface area contributed by atoms with E-state index in [1.54, 1.807) is 0 Å². The Morgan fingerprint density at radius 2 is 2.00 bits per heavy atom. The number of aliphatic hydroxyl groups is 1. The monoisotopic (exact) mass is 289 g/mol. The minimum atomic E-state index is -0.0706. The molecule has 0 heterocycles. The summed E-state index contributed by atoms with van der Waals surface area (Å²) in [6.07, 6.45) is 8.04. The van der Waals surface area contributed by atoms with Crippen molar-refractivity contribution in [3.63, 3.8) is 0 Å². The molecule has 0 aliphatic heterocycles. The predicted molar refractivity (Wildman–Crippen MR) is 89.4 cm³/mol. The van der Waals surface area contributed by atoms with E-state index >= 15 is 0 Å². The number of hydrogen-bond donors (Lipinski definition) is 2. The Bertz CT molecular complexity index is 401. The lowest BCUT2D eigenvalue weighted by Crippen LogP contribution is -2.30. The highest BCUT2D eigenvalue weighted by atomic mass is 16.3. The predicted octanol–water partition coefficient (Wildman–Crippen LogP) is 4.23. The van der Waals surface area contributed by atoms with Crippen molar-refractivity contribution in [2.24, 2.45) is 5.92 Å². The summed E-state index contributed by atoms with van der Waals surface area (Å²) in [6.45, 7) is 5.50. The third-order valence-corrected chi connectivity index (χ3v) is 4.77. The smallest absolute Gasteiger partial charge is 0.0543 e. The highest BCUT2D eigenvalue weighted by molar-refractivity contribution is 5.24. The van der Waals surface area contributed by atoms with Gasteiger partial charge in [0.05, 0.1) is 6.10 Å². The van der Waals surface area contributed by atoms with Crippen LogP contribution in [-0.4, -0.2) is 17.8 Å². The van der Waals surface area contributed by atoms with E-state index in [1.807, 2.05) is 0 Å². The second-order valence-electron chi connectivity index (χ2n) is 6.66. The van der Waals surface area contributed by atoms with Gasteiger partial charge in [0.2, 0.25) is 0 Å². The van der Waals surface area contributed by atoms with Crippen molar-refractivity contribution in [3.05, 3.63) is 35.4 Å². The number of hydrogen-bond acceptors (Lipinski definition) is 2. The van der Waals surface area contributed by atoms with Crippen molar-refractivity contribution in [1.82, 2.24) is 5.32 Å². The first kappa shape index (κ1) is 16.5. The fourth-order valence-electron chi connectivity index (χ4n) is 3.26. The summed E-state index contributed by atoms with van der Waals surface area (Å²) in [6, 6.07) is 9.46. The van der Waals surface area contributed by atoms with Gasteiger partial charge >= 0.3 is 0 Å². The van der Waals surface area contributed by atoms with Crippen LogP contribution in [0, 0.1) is 5.92 Å². The van der Waals surface area contributed by atoms with E-state index in [0.717, 1.165) is 19.4 Å². The number of nitrogens with one attached hydrogen (secondary N) is 1. The van der Waals surface area contributed by atoms with E-state index in [9.17, 15) is 5.11 Å². The van der Waals surface area contributed by atoms with E-state index in [4.69, 9.17) is 0 Å². The fraction of sp³-hybridized carbons (Fsp3) is 0.684. The van der Waals surface area contributed by atoms with Crippen molar-refractivity contribution in [2.75, 3.05) is 6.54 Å². The molecule has 2 rings (SSSR count). The molecule has 0 amide bonds. The van der Waals surface area contributed by atoms with Gasteiger partial charge in [0.25, 0.3) is 0 Å². The van der Waals surface area contributed by atoms with Crippen LogP contribution in [0.25, 0.3) is 0 Å². The Hall–Kier alpha value is -0.860. The molecule has 1 fully saturated rings. The van der Waals surface area contributed by atoms with Crippen molar-refractivity contribution < 1.29 is 5.11 Å². The highest BCUT2D eigenvalue weighted by Crippen LogP contribution is 2.24. The van der Waals surface area contributed by atoms with Crippen LogP contribution in [-0.2, 0) is 6.42 Å². The zero-order valence-corrected chi connectivity index (χ0v) is 13.6. The molecule has 2 nitrogen and oxygen atoms in total. The Morgan fingerprint density at radius 1 is 1.24 bits per heavy atom. The van der Waals surface area contributed by atoms with Crippen LogP contribution in [0.15, 0.2) is 24.3 Å². The van der Waals surface area contributed by atoms with Gasteiger partial charge in [-0.2, -0.15) is 0 Å². The van der Waals surface area contributed by atoms with E-state index in [-0.39, 0.29) is 6.10 Å². The summed E-state index contributed by atoms with van der Waals surface area (Å²) in [7, 11) is 0. The Balaban J connectivity index is 1.78. The zero-order valence-electron chi connectivity index (χ0n) is 13.6. The first-order chi connectivity index (χ1) is 10.2. The van der Waals surface area contributed by atoms with Crippen molar-refractivity contribution in [2.45, 2.75) is 70.9 Å². The molecule has 3 unspecified atom stereocenters. The largest absolute Gasteiger partial charge is 0.393 e. The molecule has 118 valence electrons. The minimum Gasteiger partial charge on any atom is -0.393 e. The van der Waals surface area contributed by atoms with Crippen molar-refractivity contribution in [1.29, 1.82) is 0 Å². The molecular formula is C19H31NO. The van der Waals surface area contributed by atoms with Gasteiger partial charge in [-0.05, 0) is 62.6 Å². The first-order valence-electron chi connectivity index (χ1n) is 8.69. The van der Waals surface area contributed by atoms with Crippen LogP contribution >= 0.6 is 0 Å². The number of aliphatic hydroxyl groups excluding tert-OH is 1. The van der Waals surface area contributed by atoms with Crippen LogP contribution in [0.4, 0.5) is 0 Å². The lowest BCUT2D eigenvalue weighted by molar-refractivity contribution is 0.0998. The molecule has 0 spiro atoms. The Kier molecular flexibility index (Phi) is 6.72. The van der Waals surface area contributed by atoms with Gasteiger partial charge in [0.1, 0.15) is 0 Å². The average molecular weight is 289 g/mol. The van der Waals surface area contributed by atoms with Gasteiger partial charge in [0, 0.05) is 6.04 Å². The van der Waals surface area contributed by atoms with Gasteiger partial charge < -0.3 is 10.4 Å². The van der Waals surface area contributed by atoms with E-state index in [1.165, 1.54) is 43.2 Å². The van der Waals surface area contributed by atoms with E-state index in [0.29, 0.717) is 12.0 Å². The molecule has 0 radical (unpaired) electrons. The van der Waals surface area contributed by atoms with Crippen LogP contribution in [0.1, 0.15) is 69.5 Å². The summed E-state index contributed by atoms with van der Waals surface area (Å²) in [5, 5.41) is 13.4. The first-order valence-corrected chi connectivity index (χ1v) is 8.69. The van der Waals surface area contributed by atoms with Gasteiger partial charge in [-0.3, -0.25) is 0 Å². The average Bonchev–Trinajstić information content (AvgIpc) is 2.51. The summed E-state index contributed by atoms with van der Waals surface area (Å²) >= 11 is 0. The number of rotatable bonds is 7. The topological polar surface area (TPSA) is 32.3 Å². The van der Waals surface area contributed by atoms with Gasteiger partial charge in [-0.15, -0.1) is 0 Å². The summed E-state index contributed by atoms with van der Waals surface area (Å²) in [5.41, 5.74) is 2.81. The van der Waals surface area contributed by atoms with Gasteiger partial charge in [0.15, 0.2) is 0 Å². The maximum absolute atomic E-state index is 9.74. The molecule has 2 N–H and O–H groups in total. The van der Waals surface area contributed by atoms with Crippen LogP contribution in [0.5, 0.6) is 0 Å². The second kappa shape index (κ2) is 8.55. The molecule has 1 saturated carbocycles. The molecular weight excluding hydrogens is 258 g/mol. The minimum absolute atomic E-state index is 0.0706. The van der Waals surface area contributed by atoms with Crippen LogP contribution in [0.2, 0.25) is 0 Å². The molecule has 0 saturated heterocycles. The lowest BCUT2D eigenvalue weighted by Gasteiger charge is -2.27. The van der Waals surface area contributed by atoms with E-state index < -0.39 is 0 Å². The molecule has 0 bridgehead atoms. The SMILES string of the molecule is CCCCc1ccc(C(C)NCC2CCCC(O)C2)cc1. The molecule has 1 aliphatic carbocycles. The molecule has 21 heavy (non-hydrogen) atoms. The third kappa shape index (κ3) is 5.44. The fourth-order valence-corrected chi connectivity index (χ4v) is 3.26. The Morgan fingerprint density at radius 3 is 2.67 bits per heavy atom. The maximum Gasteiger partial charge on any atom is 0.0543 e. The number of aryl methyl sites for hydroxylation is 1. The highest BCUT2D eigenvalue weighted by Gasteiger charge is 2.20. The molecule has 0 aromatic heterocycles. The maximum atomic E-state index is 9.74. The van der Waals surface area contributed by atoms with Crippen LogP contribution in [0.3, 0.4) is 0 Å². The lowest BCUT2D eigenvalue weighted by atomic mass is 9.87. The summed E-state index contributed by atoms with van der Waals surface area (Å²) in [4.78, 5) is 0. The summed E-state index contributed by atoms with van der Waals surface area (Å²) in [5.74, 6) is 0.639. The normalized spacial score (nSPS) is 24.0. The van der Waals surface area contributed by atoms with Gasteiger partial charge in [-0.25, -0.2) is 0 Å². The van der Waals surface area contributed by atoms with Crippen LogP contribution < -0.4 is 5.32 Å². The standard InChI is InChI=1S/C19H31NO/c1-3-4-6-16-9-11-18(12-10-16)15(2)20-14-17-7-5-8-19(21)13-17/h9-12,15,17,19-21H,3-8,13-14H2,1-2H3. The molecule has 1 aromatic rings. The zero-order chi connectivity index (χ0) is 15.1. The quantitative estimate of drug-likeness (QED) is 0.787. The molecule has 3 atom stereocenters. The number of benzene rings is 1. The van der Waals surface area contributed by atoms with Gasteiger partial charge in [-0.1, -0.05) is 44.0 Å². The van der Waals surface area contributed by atoms with E-state index in [2.05, 4.69) is 43.4 Å². The molecule has 2 heteroatoms. The van der Waals surface area contributed by atoms with Crippen molar-refractivity contribution in [3.8, 4) is 0 Å². The Labute approximate surface area is 130 Å². The molecule has 1 aliphatic rings. The second-order valence-corrected chi connectivity index (χ2v) is 6.66. The summed E-state index contributed by atoms with van der Waals surface area (Å²) < 4.78 is 0. The number of unbranched alkanes of at least 4 members (excludes halogenated alkanes) is 1. The van der Waals surface area contributed by atoms with Crippen molar-refractivity contribution >= 4 is 0 Å².